The summed E-state index contributed by atoms with van der Waals surface area (Å²) in [7, 11) is 1.57. The second kappa shape index (κ2) is 11.7. The topological polar surface area (TPSA) is 79.7 Å². The molecule has 6 nitrogen and oxygen atoms in total. The van der Waals surface area contributed by atoms with Crippen LogP contribution < -0.4 is 4.74 Å². The van der Waals surface area contributed by atoms with Crippen LogP contribution in [0, 0.1) is 23.7 Å². The van der Waals surface area contributed by atoms with Gasteiger partial charge in [-0.25, -0.2) is 0 Å². The normalized spacial score (nSPS) is 18.1. The number of benzene rings is 1. The van der Waals surface area contributed by atoms with E-state index in [1.165, 1.54) is 6.20 Å². The molecule has 0 saturated carbocycles. The van der Waals surface area contributed by atoms with E-state index in [0.717, 1.165) is 17.8 Å². The van der Waals surface area contributed by atoms with Crippen LogP contribution in [0.15, 0.2) is 41.9 Å². The van der Waals surface area contributed by atoms with Gasteiger partial charge in [0.1, 0.15) is 5.75 Å². The molecule has 0 aliphatic carbocycles. The number of carboxylic acids is 1. The zero-order chi connectivity index (χ0) is 24.8. The summed E-state index contributed by atoms with van der Waals surface area (Å²) in [5.74, 6) is 6.25. The Hall–Kier alpha value is -2.92. The summed E-state index contributed by atoms with van der Waals surface area (Å²) in [6.45, 7) is 2.12. The molecule has 0 radical (unpaired) electrons. The van der Waals surface area contributed by atoms with Crippen LogP contribution in [0.2, 0.25) is 5.02 Å². The van der Waals surface area contributed by atoms with Gasteiger partial charge in [0.2, 0.25) is 0 Å². The van der Waals surface area contributed by atoms with Crippen molar-refractivity contribution in [2.75, 3.05) is 26.7 Å². The Bertz CT molecular complexity index is 1270. The zero-order valence-electron chi connectivity index (χ0n) is 19.5. The molecule has 182 valence electrons. The standard InChI is InChI=1S/C27H27ClN2O4S/c1-34-20-7-8-24-22(15-20)27(23(28)16-29-24)25(31)9-6-18-10-12-30(17-19(18)14-26(32)33)11-2-4-21-5-3-13-35-21/h3,5,7-8,13,15-16,18-19H,6,9-12,14,17H2,1H3,(H,32,33). The molecule has 1 aliphatic rings. The molecule has 1 aliphatic heterocycles. The maximum atomic E-state index is 13.3. The Kier molecular flexibility index (Phi) is 8.40. The van der Waals surface area contributed by atoms with Crippen LogP contribution in [0.5, 0.6) is 5.75 Å². The highest BCUT2D eigenvalue weighted by Crippen LogP contribution is 2.33. The van der Waals surface area contributed by atoms with Crippen molar-refractivity contribution in [2.45, 2.75) is 25.7 Å². The number of ketones is 1. The third-order valence-corrected chi connectivity index (χ3v) is 7.57. The first-order valence-electron chi connectivity index (χ1n) is 11.6. The molecule has 0 bridgehead atoms. The van der Waals surface area contributed by atoms with E-state index in [9.17, 15) is 14.7 Å². The number of nitrogens with zero attached hydrogens (tertiary/aromatic N) is 2. The van der Waals surface area contributed by atoms with E-state index in [1.807, 2.05) is 17.5 Å². The molecule has 2 atom stereocenters. The first kappa shape index (κ1) is 25.2. The molecular formula is C27H27ClN2O4S. The minimum absolute atomic E-state index is 0.0256. The van der Waals surface area contributed by atoms with Gasteiger partial charge in [-0.05, 0) is 60.9 Å². The number of carboxylic acid groups (broad SMARTS) is 1. The number of thiophene rings is 1. The average molecular weight is 511 g/mol. The minimum atomic E-state index is -0.812. The Morgan fingerprint density at radius 1 is 1.31 bits per heavy atom. The lowest BCUT2D eigenvalue weighted by Gasteiger charge is -2.37. The number of aromatic nitrogens is 1. The lowest BCUT2D eigenvalue weighted by Crippen LogP contribution is -2.41. The summed E-state index contributed by atoms with van der Waals surface area (Å²) < 4.78 is 5.31. The van der Waals surface area contributed by atoms with Gasteiger partial charge in [-0.15, -0.1) is 11.3 Å². The Morgan fingerprint density at radius 3 is 2.91 bits per heavy atom. The van der Waals surface area contributed by atoms with Crippen molar-refractivity contribution in [1.29, 1.82) is 0 Å². The SMILES string of the molecule is COc1ccc2ncc(Cl)c(C(=O)CCC3CCN(CC#Cc4cccs4)CC3CC(=O)O)c2c1. The second-order valence-electron chi connectivity index (χ2n) is 8.75. The highest BCUT2D eigenvalue weighted by molar-refractivity contribution is 7.10. The number of carbonyl (C=O) groups excluding carboxylic acids is 1. The van der Waals surface area contributed by atoms with Crippen LogP contribution in [-0.4, -0.2) is 53.5 Å². The fourth-order valence-corrected chi connectivity index (χ4v) is 5.57. The zero-order valence-corrected chi connectivity index (χ0v) is 21.1. The van der Waals surface area contributed by atoms with Gasteiger partial charge >= 0.3 is 5.97 Å². The minimum Gasteiger partial charge on any atom is -0.497 e. The Labute approximate surface area is 213 Å². The van der Waals surface area contributed by atoms with Crippen molar-refractivity contribution >= 4 is 45.6 Å². The third-order valence-electron chi connectivity index (χ3n) is 6.50. The summed E-state index contributed by atoms with van der Waals surface area (Å²) in [4.78, 5) is 32.4. The first-order valence-corrected chi connectivity index (χ1v) is 12.8. The quantitative estimate of drug-likeness (QED) is 0.323. The van der Waals surface area contributed by atoms with E-state index in [0.29, 0.717) is 53.2 Å². The predicted octanol–water partition coefficient (Wildman–Crippen LogP) is 5.39. The van der Waals surface area contributed by atoms with Gasteiger partial charge in [0.15, 0.2) is 5.78 Å². The molecule has 1 saturated heterocycles. The molecule has 35 heavy (non-hydrogen) atoms. The molecule has 1 fully saturated rings. The first-order chi connectivity index (χ1) is 16.9. The summed E-state index contributed by atoms with van der Waals surface area (Å²) in [5.41, 5.74) is 1.13. The van der Waals surface area contributed by atoms with Crippen molar-refractivity contribution in [3.05, 3.63) is 57.4 Å². The van der Waals surface area contributed by atoms with Gasteiger partial charge in [0, 0.05) is 36.5 Å². The monoisotopic (exact) mass is 510 g/mol. The molecule has 2 aromatic heterocycles. The third kappa shape index (κ3) is 6.40. The van der Waals surface area contributed by atoms with Gasteiger partial charge in [-0.1, -0.05) is 29.5 Å². The van der Waals surface area contributed by atoms with Crippen molar-refractivity contribution < 1.29 is 19.4 Å². The van der Waals surface area contributed by atoms with E-state index in [1.54, 1.807) is 36.6 Å². The number of pyridine rings is 1. The van der Waals surface area contributed by atoms with E-state index >= 15 is 0 Å². The summed E-state index contributed by atoms with van der Waals surface area (Å²) in [6.07, 6.45) is 3.35. The molecule has 3 aromatic rings. The van der Waals surface area contributed by atoms with Crippen LogP contribution in [-0.2, 0) is 4.79 Å². The number of ether oxygens (including phenoxy) is 1. The molecule has 4 rings (SSSR count). The fraction of sp³-hybridized carbons (Fsp3) is 0.370. The number of carbonyl (C=O) groups is 2. The number of likely N-dealkylation sites (tertiary alicyclic amines) is 1. The summed E-state index contributed by atoms with van der Waals surface area (Å²) in [5, 5.41) is 12.5. The maximum absolute atomic E-state index is 13.3. The van der Waals surface area contributed by atoms with Crippen LogP contribution in [0.1, 0.15) is 40.9 Å². The van der Waals surface area contributed by atoms with Gasteiger partial charge < -0.3 is 9.84 Å². The van der Waals surface area contributed by atoms with Crippen LogP contribution in [0.25, 0.3) is 10.9 Å². The van der Waals surface area contributed by atoms with Crippen LogP contribution in [0.3, 0.4) is 0 Å². The fourth-order valence-electron chi connectivity index (χ4n) is 4.72. The number of rotatable bonds is 8. The van der Waals surface area contributed by atoms with Gasteiger partial charge in [0.05, 0.1) is 29.1 Å². The van der Waals surface area contributed by atoms with E-state index in [-0.39, 0.29) is 24.0 Å². The van der Waals surface area contributed by atoms with Gasteiger partial charge in [0.25, 0.3) is 0 Å². The molecule has 1 aromatic carbocycles. The van der Waals surface area contributed by atoms with Crippen molar-refractivity contribution in [3.8, 4) is 17.6 Å². The Morgan fingerprint density at radius 2 is 2.17 bits per heavy atom. The van der Waals surface area contributed by atoms with Crippen LogP contribution in [0.4, 0.5) is 0 Å². The number of piperidine rings is 1. The van der Waals surface area contributed by atoms with E-state index in [2.05, 4.69) is 21.7 Å². The summed E-state index contributed by atoms with van der Waals surface area (Å²) in [6, 6.07) is 9.35. The van der Waals surface area contributed by atoms with Crippen molar-refractivity contribution in [3.63, 3.8) is 0 Å². The smallest absolute Gasteiger partial charge is 0.303 e. The highest BCUT2D eigenvalue weighted by Gasteiger charge is 2.31. The number of hydrogen-bond acceptors (Lipinski definition) is 6. The average Bonchev–Trinajstić information content (AvgIpc) is 3.36. The van der Waals surface area contributed by atoms with Crippen molar-refractivity contribution in [1.82, 2.24) is 9.88 Å². The second-order valence-corrected chi connectivity index (χ2v) is 10.1. The number of halogens is 1. The summed E-state index contributed by atoms with van der Waals surface area (Å²) >= 11 is 8.00. The van der Waals surface area contributed by atoms with Gasteiger partial charge in [-0.2, -0.15) is 0 Å². The number of fused-ring (bicyclic) bond motifs is 1. The largest absolute Gasteiger partial charge is 0.497 e. The van der Waals surface area contributed by atoms with Crippen LogP contribution >= 0.6 is 22.9 Å². The van der Waals surface area contributed by atoms with Gasteiger partial charge in [-0.3, -0.25) is 19.5 Å². The number of aliphatic carboxylic acids is 1. The maximum Gasteiger partial charge on any atom is 0.303 e. The number of Topliss-reactive ketones (excluding diaryl/α,β-unsaturated/α-hetero) is 1. The molecule has 2 unspecified atom stereocenters. The van der Waals surface area contributed by atoms with E-state index in [4.69, 9.17) is 16.3 Å². The molecule has 0 amide bonds. The Balaban J connectivity index is 1.43. The molecular weight excluding hydrogens is 484 g/mol. The van der Waals surface area contributed by atoms with E-state index < -0.39 is 5.97 Å². The number of hydrogen-bond donors (Lipinski definition) is 1. The predicted molar refractivity (Wildman–Crippen MR) is 138 cm³/mol. The molecule has 0 spiro atoms. The number of methoxy groups -OCH3 is 1. The lowest BCUT2D eigenvalue weighted by molar-refractivity contribution is -0.139. The van der Waals surface area contributed by atoms with Crippen molar-refractivity contribution in [2.24, 2.45) is 11.8 Å². The lowest BCUT2D eigenvalue weighted by atomic mass is 9.79. The molecule has 8 heteroatoms. The highest BCUT2D eigenvalue weighted by atomic mass is 35.5. The molecule has 1 N–H and O–H groups in total. The molecule has 3 heterocycles.